The van der Waals surface area contributed by atoms with Gasteiger partial charge in [-0.1, -0.05) is 42.5 Å². The fourth-order valence-electron chi connectivity index (χ4n) is 5.63. The van der Waals surface area contributed by atoms with E-state index in [4.69, 9.17) is 9.72 Å². The number of rotatable bonds is 5. The Morgan fingerprint density at radius 2 is 1.86 bits per heavy atom. The minimum absolute atomic E-state index is 0.0135. The highest BCUT2D eigenvalue weighted by molar-refractivity contribution is 7.13. The summed E-state index contributed by atoms with van der Waals surface area (Å²) in [5.74, 6) is -0.365. The highest BCUT2D eigenvalue weighted by Crippen LogP contribution is 2.52. The molecule has 1 atom stereocenters. The molecule has 0 bridgehead atoms. The molecule has 4 aromatic rings. The molecule has 1 unspecified atom stereocenters. The van der Waals surface area contributed by atoms with Crippen LogP contribution in [0.5, 0.6) is 0 Å². The summed E-state index contributed by atoms with van der Waals surface area (Å²) < 4.78 is 5.84. The van der Waals surface area contributed by atoms with Gasteiger partial charge >= 0.3 is 5.97 Å². The van der Waals surface area contributed by atoms with Gasteiger partial charge in [0.2, 0.25) is 0 Å². The Bertz CT molecular complexity index is 1500. The molecule has 178 valence electrons. The first-order valence-corrected chi connectivity index (χ1v) is 13.1. The first kappa shape index (κ1) is 21.6. The molecule has 1 saturated carbocycles. The number of benzene rings is 2. The molecule has 1 aliphatic carbocycles. The van der Waals surface area contributed by atoms with Crippen molar-refractivity contribution >= 4 is 23.1 Å². The predicted octanol–water partition coefficient (Wildman–Crippen LogP) is 5.15. The van der Waals surface area contributed by atoms with Crippen LogP contribution in [0.1, 0.15) is 51.1 Å². The van der Waals surface area contributed by atoms with Gasteiger partial charge in [-0.2, -0.15) is 0 Å². The van der Waals surface area contributed by atoms with Crippen LogP contribution >= 0.6 is 11.3 Å². The van der Waals surface area contributed by atoms with Crippen molar-refractivity contribution in [2.75, 3.05) is 13.1 Å². The van der Waals surface area contributed by atoms with Crippen LogP contribution in [0.15, 0.2) is 72.4 Å². The van der Waals surface area contributed by atoms with Crippen LogP contribution in [0.4, 0.5) is 0 Å². The fourth-order valence-corrected chi connectivity index (χ4v) is 6.45. The van der Waals surface area contributed by atoms with Crippen molar-refractivity contribution in [3.05, 3.63) is 94.6 Å². The Morgan fingerprint density at radius 1 is 1.00 bits per heavy atom. The maximum Gasteiger partial charge on any atom is 0.340 e. The zero-order valence-corrected chi connectivity index (χ0v) is 20.3. The van der Waals surface area contributed by atoms with E-state index in [1.807, 2.05) is 60.1 Å². The van der Waals surface area contributed by atoms with Crippen LogP contribution in [0.3, 0.4) is 0 Å². The van der Waals surface area contributed by atoms with Crippen molar-refractivity contribution in [1.29, 1.82) is 0 Å². The summed E-state index contributed by atoms with van der Waals surface area (Å²) in [6, 6.07) is 17.7. The summed E-state index contributed by atoms with van der Waals surface area (Å²) in [5, 5.41) is 6.26. The normalized spacial score (nSPS) is 21.4. The number of fused-ring (bicyclic) bond motifs is 2. The third-order valence-corrected chi connectivity index (χ3v) is 8.63. The lowest BCUT2D eigenvalue weighted by atomic mass is 9.82. The predicted molar refractivity (Wildman–Crippen MR) is 137 cm³/mol. The van der Waals surface area contributed by atoms with Gasteiger partial charge in [0.15, 0.2) is 11.4 Å². The minimum atomic E-state index is -0.636. The van der Waals surface area contributed by atoms with Gasteiger partial charge in [-0.05, 0) is 37.1 Å². The lowest BCUT2D eigenvalue weighted by molar-refractivity contribution is 0.00158. The molecule has 4 heterocycles. The zero-order chi connectivity index (χ0) is 24.3. The average Bonchev–Trinajstić information content (AvgIpc) is 3.24. The van der Waals surface area contributed by atoms with Gasteiger partial charge in [0.1, 0.15) is 5.01 Å². The number of nitrogens with one attached hydrogen (secondary N) is 1. The van der Waals surface area contributed by atoms with Crippen LogP contribution in [0, 0.1) is 0 Å². The first-order chi connectivity index (χ1) is 17.6. The number of esters is 1. The van der Waals surface area contributed by atoms with E-state index in [1.54, 1.807) is 23.6 Å². The molecule has 36 heavy (non-hydrogen) atoms. The molecule has 2 aromatic heterocycles. The van der Waals surface area contributed by atoms with Crippen molar-refractivity contribution < 1.29 is 14.3 Å². The van der Waals surface area contributed by atoms with E-state index < -0.39 is 11.0 Å². The number of Topliss-reactive ketones (excluding diaryl/α,β-unsaturated/α-hetero) is 1. The second-order valence-electron chi connectivity index (χ2n) is 9.81. The number of pyridine rings is 1. The Kier molecular flexibility index (Phi) is 4.75. The van der Waals surface area contributed by atoms with E-state index in [-0.39, 0.29) is 11.8 Å². The number of ether oxygens (including phenoxy) is 1. The number of nitrogens with zero attached hydrogens (tertiary/aromatic N) is 2. The number of hydrogen-bond donors (Lipinski definition) is 1. The molecule has 2 aliphatic heterocycles. The van der Waals surface area contributed by atoms with E-state index >= 15 is 0 Å². The van der Waals surface area contributed by atoms with Gasteiger partial charge in [0.25, 0.3) is 0 Å². The van der Waals surface area contributed by atoms with E-state index in [9.17, 15) is 9.59 Å². The fraction of sp³-hybridized carbons (Fsp3) is 0.241. The number of carbonyl (C=O) groups excluding carboxylic acids is 2. The molecular weight excluding hydrogens is 470 g/mol. The van der Waals surface area contributed by atoms with Crippen LogP contribution in [-0.2, 0) is 15.8 Å². The number of ketones is 1. The molecule has 2 aromatic carbocycles. The van der Waals surface area contributed by atoms with E-state index in [0.29, 0.717) is 17.7 Å². The maximum absolute atomic E-state index is 13.9. The smallest absolute Gasteiger partial charge is 0.340 e. The molecule has 2 fully saturated rings. The molecule has 6 nitrogen and oxygen atoms in total. The molecule has 3 aliphatic rings. The number of aromatic nitrogens is 2. The van der Waals surface area contributed by atoms with Crippen LogP contribution in [0.25, 0.3) is 21.8 Å². The van der Waals surface area contributed by atoms with Crippen molar-refractivity contribution in [3.8, 4) is 21.8 Å². The molecular formula is C29H23N3O3S. The van der Waals surface area contributed by atoms with Gasteiger partial charge in [-0.3, -0.25) is 9.78 Å². The number of thiazole rings is 1. The Labute approximate surface area is 212 Å². The highest BCUT2D eigenvalue weighted by atomic mass is 32.1. The third kappa shape index (κ3) is 3.20. The third-order valence-electron chi connectivity index (χ3n) is 7.74. The molecule has 1 saturated heterocycles. The molecule has 7 heteroatoms. The summed E-state index contributed by atoms with van der Waals surface area (Å²) in [5.41, 5.74) is 4.47. The van der Waals surface area contributed by atoms with Gasteiger partial charge in [-0.15, -0.1) is 11.3 Å². The summed E-state index contributed by atoms with van der Waals surface area (Å²) in [4.78, 5) is 35.8. The zero-order valence-electron chi connectivity index (χ0n) is 19.5. The minimum Gasteiger partial charge on any atom is -0.449 e. The van der Waals surface area contributed by atoms with E-state index in [2.05, 4.69) is 10.3 Å². The van der Waals surface area contributed by atoms with E-state index in [1.165, 1.54) is 0 Å². The summed E-state index contributed by atoms with van der Waals surface area (Å²) >= 11 is 1.59. The molecule has 1 spiro atoms. The molecule has 0 radical (unpaired) electrons. The lowest BCUT2D eigenvalue weighted by Crippen LogP contribution is -2.28. The van der Waals surface area contributed by atoms with Gasteiger partial charge in [0.05, 0.1) is 16.7 Å². The SMILES string of the molecule is O=C1OC2(CCNC2)c2cccc(C(=O)C3(c4ccc(-c5csc(-c6cccnc6)n5)cc4)CC3)c21. The lowest BCUT2D eigenvalue weighted by Gasteiger charge is -2.22. The Balaban J connectivity index is 1.19. The van der Waals surface area contributed by atoms with Crippen molar-refractivity contribution in [1.82, 2.24) is 15.3 Å². The van der Waals surface area contributed by atoms with Crippen molar-refractivity contribution in [2.45, 2.75) is 30.3 Å². The van der Waals surface area contributed by atoms with Crippen molar-refractivity contribution in [2.24, 2.45) is 0 Å². The van der Waals surface area contributed by atoms with E-state index in [0.717, 1.165) is 58.8 Å². The topological polar surface area (TPSA) is 81.2 Å². The van der Waals surface area contributed by atoms with Gasteiger partial charge in [-0.25, -0.2) is 9.78 Å². The van der Waals surface area contributed by atoms with Gasteiger partial charge in [0, 0.05) is 53.0 Å². The van der Waals surface area contributed by atoms with Crippen LogP contribution in [-0.4, -0.2) is 34.8 Å². The van der Waals surface area contributed by atoms with Crippen LogP contribution < -0.4 is 5.32 Å². The van der Waals surface area contributed by atoms with Gasteiger partial charge < -0.3 is 10.1 Å². The number of hydrogen-bond acceptors (Lipinski definition) is 7. The number of carbonyl (C=O) groups is 2. The quantitative estimate of drug-likeness (QED) is 0.306. The molecule has 0 amide bonds. The highest BCUT2D eigenvalue weighted by Gasteiger charge is 2.54. The standard InChI is InChI=1S/C29H23N3O3S/c33-25(21-4-1-5-22-24(21)27(34)35-29(22)12-14-31-17-29)28(10-11-28)20-8-6-18(7-9-20)23-16-36-26(32-23)19-3-2-13-30-15-19/h1-9,13,15-16,31H,10-12,14,17H2. The van der Waals surface area contributed by atoms with Crippen molar-refractivity contribution in [3.63, 3.8) is 0 Å². The molecule has 7 rings (SSSR count). The monoisotopic (exact) mass is 493 g/mol. The summed E-state index contributed by atoms with van der Waals surface area (Å²) in [6.07, 6.45) is 5.85. The summed E-state index contributed by atoms with van der Waals surface area (Å²) in [6.45, 7) is 1.39. The summed E-state index contributed by atoms with van der Waals surface area (Å²) in [7, 11) is 0. The Morgan fingerprint density at radius 3 is 2.58 bits per heavy atom. The largest absolute Gasteiger partial charge is 0.449 e. The maximum atomic E-state index is 13.9. The molecule has 1 N–H and O–H groups in total. The first-order valence-electron chi connectivity index (χ1n) is 12.2. The second kappa shape index (κ2) is 7.91. The average molecular weight is 494 g/mol. The Hall–Kier alpha value is -3.68. The second-order valence-corrected chi connectivity index (χ2v) is 10.7. The van der Waals surface area contributed by atoms with Crippen LogP contribution in [0.2, 0.25) is 0 Å².